The van der Waals surface area contributed by atoms with Gasteiger partial charge in [0.25, 0.3) is 0 Å². The van der Waals surface area contributed by atoms with E-state index in [0.29, 0.717) is 18.6 Å². The van der Waals surface area contributed by atoms with Crippen molar-refractivity contribution in [2.24, 2.45) is 0 Å². The summed E-state index contributed by atoms with van der Waals surface area (Å²) in [6.07, 6.45) is 2.32. The van der Waals surface area contributed by atoms with Crippen molar-refractivity contribution in [1.29, 1.82) is 0 Å². The van der Waals surface area contributed by atoms with E-state index in [9.17, 15) is 15.2 Å². The molecular weight excluding hydrogens is 274 g/mol. The Morgan fingerprint density at radius 2 is 2.05 bits per heavy atom. The minimum Gasteiger partial charge on any atom is -0.493 e. The molecule has 0 saturated heterocycles. The van der Waals surface area contributed by atoms with Crippen LogP contribution in [0.4, 0.5) is 5.69 Å². The van der Waals surface area contributed by atoms with E-state index >= 15 is 0 Å². The molecule has 0 spiro atoms. The van der Waals surface area contributed by atoms with Crippen molar-refractivity contribution in [1.82, 2.24) is 0 Å². The molecule has 0 aliphatic carbocycles. The normalized spacial score (nSPS) is 12.0. The molecule has 118 valence electrons. The van der Waals surface area contributed by atoms with Gasteiger partial charge in [-0.2, -0.15) is 0 Å². The lowest BCUT2D eigenvalue weighted by molar-refractivity contribution is -0.386. The van der Waals surface area contributed by atoms with E-state index in [0.717, 1.165) is 19.3 Å². The molecule has 1 N–H and O–H groups in total. The van der Waals surface area contributed by atoms with E-state index in [1.165, 1.54) is 13.2 Å². The third-order valence-corrected chi connectivity index (χ3v) is 3.17. The smallest absolute Gasteiger partial charge is 0.315 e. The standard InChI is InChI=1S/C15H23NO5/c1-4-6-8-21-15-12(16(18)19)9-11(10-14(15)20-3)13(17)7-5-2/h9-10,13,17H,4-8H2,1-3H3. The Kier molecular flexibility index (Phi) is 6.94. The third-order valence-electron chi connectivity index (χ3n) is 3.17. The molecule has 0 saturated carbocycles. The molecule has 6 nitrogen and oxygen atoms in total. The van der Waals surface area contributed by atoms with Crippen LogP contribution in [0.5, 0.6) is 11.5 Å². The predicted molar refractivity (Wildman–Crippen MR) is 79.9 cm³/mol. The zero-order valence-electron chi connectivity index (χ0n) is 12.8. The Balaban J connectivity index is 3.19. The average molecular weight is 297 g/mol. The highest BCUT2D eigenvalue weighted by atomic mass is 16.6. The number of aliphatic hydroxyl groups is 1. The summed E-state index contributed by atoms with van der Waals surface area (Å²) in [5.74, 6) is 0.411. The Labute approximate surface area is 124 Å². The lowest BCUT2D eigenvalue weighted by atomic mass is 10.0. The van der Waals surface area contributed by atoms with Crippen LogP contribution in [0.15, 0.2) is 12.1 Å². The van der Waals surface area contributed by atoms with Crippen molar-refractivity contribution < 1.29 is 19.5 Å². The first kappa shape index (κ1) is 17.2. The second-order valence-electron chi connectivity index (χ2n) is 4.84. The van der Waals surface area contributed by atoms with Gasteiger partial charge in [-0.1, -0.05) is 26.7 Å². The number of nitrogens with zero attached hydrogens (tertiary/aromatic N) is 1. The molecule has 6 heteroatoms. The van der Waals surface area contributed by atoms with Gasteiger partial charge in [-0.25, -0.2) is 0 Å². The van der Waals surface area contributed by atoms with Gasteiger partial charge >= 0.3 is 5.69 Å². The summed E-state index contributed by atoms with van der Waals surface area (Å²) < 4.78 is 10.7. The maximum atomic E-state index is 11.2. The molecule has 0 aromatic heterocycles. The highest BCUT2D eigenvalue weighted by Gasteiger charge is 2.24. The zero-order chi connectivity index (χ0) is 15.8. The number of aliphatic hydroxyl groups excluding tert-OH is 1. The average Bonchev–Trinajstić information content (AvgIpc) is 2.47. The molecule has 21 heavy (non-hydrogen) atoms. The van der Waals surface area contributed by atoms with Gasteiger partial charge in [-0.15, -0.1) is 0 Å². The molecule has 0 aliphatic heterocycles. The summed E-state index contributed by atoms with van der Waals surface area (Å²) in [6.45, 7) is 4.35. The van der Waals surface area contributed by atoms with Crippen molar-refractivity contribution in [2.75, 3.05) is 13.7 Å². The second-order valence-corrected chi connectivity index (χ2v) is 4.84. The molecule has 0 aliphatic rings. The second kappa shape index (κ2) is 8.46. The summed E-state index contributed by atoms with van der Waals surface area (Å²) >= 11 is 0. The van der Waals surface area contributed by atoms with Crippen LogP contribution in [0.2, 0.25) is 0 Å². The van der Waals surface area contributed by atoms with Gasteiger partial charge in [-0.3, -0.25) is 10.1 Å². The molecule has 1 aromatic rings. The summed E-state index contributed by atoms with van der Waals surface area (Å²) in [5.41, 5.74) is 0.304. The van der Waals surface area contributed by atoms with E-state index in [1.807, 2.05) is 13.8 Å². The number of unbranched alkanes of at least 4 members (excludes halogenated alkanes) is 1. The number of hydrogen-bond acceptors (Lipinski definition) is 5. The largest absolute Gasteiger partial charge is 0.493 e. The molecular formula is C15H23NO5. The van der Waals surface area contributed by atoms with Crippen molar-refractivity contribution >= 4 is 5.69 Å². The van der Waals surface area contributed by atoms with Gasteiger partial charge in [-0.05, 0) is 24.5 Å². The first-order valence-electron chi connectivity index (χ1n) is 7.22. The molecule has 0 fully saturated rings. The van der Waals surface area contributed by atoms with Crippen molar-refractivity contribution in [3.8, 4) is 11.5 Å². The van der Waals surface area contributed by atoms with Crippen molar-refractivity contribution in [2.45, 2.75) is 45.6 Å². The number of hydrogen-bond donors (Lipinski definition) is 1. The number of ether oxygens (including phenoxy) is 2. The van der Waals surface area contributed by atoms with Crippen LogP contribution in [-0.4, -0.2) is 23.7 Å². The van der Waals surface area contributed by atoms with E-state index in [1.54, 1.807) is 6.07 Å². The van der Waals surface area contributed by atoms with Gasteiger partial charge in [0.1, 0.15) is 0 Å². The first-order chi connectivity index (χ1) is 10.0. The lowest BCUT2D eigenvalue weighted by Crippen LogP contribution is -2.05. The van der Waals surface area contributed by atoms with E-state index in [4.69, 9.17) is 9.47 Å². The van der Waals surface area contributed by atoms with Crippen LogP contribution >= 0.6 is 0 Å². The van der Waals surface area contributed by atoms with Gasteiger partial charge in [0.2, 0.25) is 5.75 Å². The minimum absolute atomic E-state index is 0.128. The maximum Gasteiger partial charge on any atom is 0.315 e. The van der Waals surface area contributed by atoms with Crippen LogP contribution in [0.1, 0.15) is 51.2 Å². The Morgan fingerprint density at radius 3 is 2.57 bits per heavy atom. The topological polar surface area (TPSA) is 81.8 Å². The highest BCUT2D eigenvalue weighted by molar-refractivity contribution is 5.58. The first-order valence-corrected chi connectivity index (χ1v) is 7.22. The van der Waals surface area contributed by atoms with Crippen LogP contribution in [-0.2, 0) is 0 Å². The summed E-state index contributed by atoms with van der Waals surface area (Å²) in [4.78, 5) is 10.7. The number of rotatable bonds is 9. The van der Waals surface area contributed by atoms with Gasteiger partial charge in [0.15, 0.2) is 5.75 Å². The predicted octanol–water partition coefficient (Wildman–Crippen LogP) is 3.62. The summed E-state index contributed by atoms with van der Waals surface area (Å²) in [5, 5.41) is 21.3. The summed E-state index contributed by atoms with van der Waals surface area (Å²) in [6, 6.07) is 2.97. The molecule has 1 aromatic carbocycles. The number of benzene rings is 1. The van der Waals surface area contributed by atoms with E-state index in [-0.39, 0.29) is 17.2 Å². The van der Waals surface area contributed by atoms with Crippen LogP contribution < -0.4 is 9.47 Å². The lowest BCUT2D eigenvalue weighted by Gasteiger charge is -2.15. The van der Waals surface area contributed by atoms with Crippen molar-refractivity contribution in [3.63, 3.8) is 0 Å². The van der Waals surface area contributed by atoms with Gasteiger partial charge in [0.05, 0.1) is 24.7 Å². The molecule has 0 bridgehead atoms. The third kappa shape index (κ3) is 4.60. The Bertz CT molecular complexity index is 475. The fraction of sp³-hybridized carbons (Fsp3) is 0.600. The maximum absolute atomic E-state index is 11.2. The van der Waals surface area contributed by atoms with Crippen molar-refractivity contribution in [3.05, 3.63) is 27.8 Å². The Hall–Kier alpha value is -1.82. The van der Waals surface area contributed by atoms with E-state index < -0.39 is 11.0 Å². The van der Waals surface area contributed by atoms with E-state index in [2.05, 4.69) is 0 Å². The van der Waals surface area contributed by atoms with Crippen LogP contribution in [0, 0.1) is 10.1 Å². The fourth-order valence-electron chi connectivity index (χ4n) is 1.99. The molecule has 0 radical (unpaired) electrons. The minimum atomic E-state index is -0.743. The quantitative estimate of drug-likeness (QED) is 0.427. The number of nitro benzene ring substituents is 1. The SMILES string of the molecule is CCCCOc1c(OC)cc(C(O)CCC)cc1[N+](=O)[O-]. The molecule has 1 rings (SSSR count). The summed E-state index contributed by atoms with van der Waals surface area (Å²) in [7, 11) is 1.43. The fourth-order valence-corrected chi connectivity index (χ4v) is 1.99. The van der Waals surface area contributed by atoms with Crippen LogP contribution in [0.3, 0.4) is 0 Å². The molecule has 1 atom stereocenters. The molecule has 0 amide bonds. The highest BCUT2D eigenvalue weighted by Crippen LogP contribution is 2.40. The molecule has 0 heterocycles. The number of nitro groups is 1. The van der Waals surface area contributed by atoms with Gasteiger partial charge < -0.3 is 14.6 Å². The van der Waals surface area contributed by atoms with Gasteiger partial charge in [0, 0.05) is 6.07 Å². The zero-order valence-corrected chi connectivity index (χ0v) is 12.8. The number of methoxy groups -OCH3 is 1. The monoisotopic (exact) mass is 297 g/mol. The Morgan fingerprint density at radius 1 is 1.33 bits per heavy atom. The van der Waals surface area contributed by atoms with Crippen LogP contribution in [0.25, 0.3) is 0 Å². The molecule has 1 unspecified atom stereocenters.